The number of likely N-dealkylation sites (N-methyl/N-ethyl adjacent to an activating group) is 1. The Labute approximate surface area is 173 Å². The van der Waals surface area contributed by atoms with E-state index in [1.807, 2.05) is 24.3 Å². The second-order valence-electron chi connectivity index (χ2n) is 7.14. The van der Waals surface area contributed by atoms with Crippen LogP contribution in [-0.2, 0) is 16.0 Å². The molecule has 1 aliphatic heterocycles. The highest BCUT2D eigenvalue weighted by atomic mass is 32.1. The summed E-state index contributed by atoms with van der Waals surface area (Å²) < 4.78 is 0. The molecule has 0 aliphatic carbocycles. The predicted octanol–water partition coefficient (Wildman–Crippen LogP) is 2.44. The fourth-order valence-electron chi connectivity index (χ4n) is 3.04. The lowest BCUT2D eigenvalue weighted by Gasteiger charge is -2.19. The maximum absolute atomic E-state index is 12.7. The van der Waals surface area contributed by atoms with E-state index in [0.29, 0.717) is 29.8 Å². The van der Waals surface area contributed by atoms with E-state index >= 15 is 0 Å². The summed E-state index contributed by atoms with van der Waals surface area (Å²) >= 11 is 1.25. The lowest BCUT2D eigenvalue weighted by molar-refractivity contribution is -0.120. The summed E-state index contributed by atoms with van der Waals surface area (Å²) in [6, 6.07) is 7.76. The number of nitrogens with one attached hydrogen (secondary N) is 2. The number of benzene rings is 1. The Kier molecular flexibility index (Phi) is 6.48. The van der Waals surface area contributed by atoms with E-state index in [9.17, 15) is 14.4 Å². The lowest BCUT2D eigenvalue weighted by atomic mass is 10.0. The number of nitrogens with zero attached hydrogens (tertiary/aromatic N) is 3. The first-order chi connectivity index (χ1) is 13.9. The van der Waals surface area contributed by atoms with Gasteiger partial charge in [-0.2, -0.15) is 0 Å². The van der Waals surface area contributed by atoms with Crippen molar-refractivity contribution in [2.75, 3.05) is 36.9 Å². The highest BCUT2D eigenvalue weighted by Gasteiger charge is 2.31. The Morgan fingerprint density at radius 1 is 1.17 bits per heavy atom. The molecule has 9 heteroatoms. The molecule has 3 rings (SSSR count). The van der Waals surface area contributed by atoms with Crippen LogP contribution in [-0.4, -0.2) is 54.4 Å². The molecule has 2 aromatic rings. The molecule has 8 nitrogen and oxygen atoms in total. The van der Waals surface area contributed by atoms with Gasteiger partial charge >= 0.3 is 6.03 Å². The van der Waals surface area contributed by atoms with Crippen LogP contribution in [0.2, 0.25) is 0 Å². The Morgan fingerprint density at radius 2 is 1.90 bits per heavy atom. The molecule has 0 unspecified atom stereocenters. The van der Waals surface area contributed by atoms with Crippen molar-refractivity contribution in [3.8, 4) is 0 Å². The summed E-state index contributed by atoms with van der Waals surface area (Å²) in [7, 11) is 1.56. The quantitative estimate of drug-likeness (QED) is 0.726. The average molecular weight is 416 g/mol. The van der Waals surface area contributed by atoms with Crippen LogP contribution in [0.4, 0.5) is 15.6 Å². The monoisotopic (exact) mass is 415 g/mol. The average Bonchev–Trinajstić information content (AvgIpc) is 3.28. The maximum atomic E-state index is 12.7. The van der Waals surface area contributed by atoms with Gasteiger partial charge in [0.25, 0.3) is 0 Å². The summed E-state index contributed by atoms with van der Waals surface area (Å²) in [5, 5.41) is 7.38. The molecule has 4 amide bonds. The van der Waals surface area contributed by atoms with Gasteiger partial charge in [-0.05, 0) is 23.6 Å². The first kappa shape index (κ1) is 20.8. The number of aromatic nitrogens is 1. The van der Waals surface area contributed by atoms with Crippen molar-refractivity contribution >= 4 is 40.0 Å². The second kappa shape index (κ2) is 9.04. The third-order valence-electron chi connectivity index (χ3n) is 4.72. The Morgan fingerprint density at radius 3 is 2.55 bits per heavy atom. The molecule has 0 spiro atoms. The minimum absolute atomic E-state index is 0.0379. The number of anilines is 2. The molecule has 2 N–H and O–H groups in total. The third-order valence-corrected chi connectivity index (χ3v) is 5.53. The van der Waals surface area contributed by atoms with E-state index in [4.69, 9.17) is 0 Å². The van der Waals surface area contributed by atoms with Gasteiger partial charge in [0.15, 0.2) is 5.13 Å². The summed E-state index contributed by atoms with van der Waals surface area (Å²) in [5.74, 6) is -0.0187. The van der Waals surface area contributed by atoms with Crippen LogP contribution < -0.4 is 15.5 Å². The summed E-state index contributed by atoms with van der Waals surface area (Å²) in [6.07, 6.45) is 0.165. The van der Waals surface area contributed by atoms with E-state index in [2.05, 4.69) is 29.5 Å². The Bertz CT molecular complexity index is 894. The van der Waals surface area contributed by atoms with Crippen molar-refractivity contribution in [1.29, 1.82) is 0 Å². The normalized spacial score (nSPS) is 13.9. The molecule has 0 radical (unpaired) electrons. The van der Waals surface area contributed by atoms with Crippen molar-refractivity contribution in [1.82, 2.24) is 15.2 Å². The van der Waals surface area contributed by atoms with E-state index < -0.39 is 0 Å². The first-order valence-corrected chi connectivity index (χ1v) is 10.4. The molecule has 0 atom stereocenters. The minimum Gasteiger partial charge on any atom is -0.359 e. The smallest absolute Gasteiger partial charge is 0.325 e. The molecular weight excluding hydrogens is 390 g/mol. The van der Waals surface area contributed by atoms with Crippen molar-refractivity contribution in [2.24, 2.45) is 0 Å². The Hall–Kier alpha value is -2.94. The zero-order valence-corrected chi connectivity index (χ0v) is 17.6. The molecule has 1 aliphatic rings. The third kappa shape index (κ3) is 5.11. The first-order valence-electron chi connectivity index (χ1n) is 9.48. The van der Waals surface area contributed by atoms with E-state index in [1.54, 1.807) is 17.3 Å². The van der Waals surface area contributed by atoms with Gasteiger partial charge in [-0.25, -0.2) is 9.78 Å². The molecule has 1 saturated heterocycles. The van der Waals surface area contributed by atoms with Gasteiger partial charge in [-0.15, -0.1) is 11.3 Å². The van der Waals surface area contributed by atoms with Crippen LogP contribution in [0.5, 0.6) is 0 Å². The van der Waals surface area contributed by atoms with Gasteiger partial charge < -0.3 is 15.5 Å². The lowest BCUT2D eigenvalue weighted by Crippen LogP contribution is -2.37. The van der Waals surface area contributed by atoms with Crippen LogP contribution in [0.25, 0.3) is 0 Å². The maximum Gasteiger partial charge on any atom is 0.325 e. The number of carbonyl (C=O) groups is 3. The molecule has 0 bridgehead atoms. The number of urea groups is 1. The molecule has 1 aromatic carbocycles. The standard InChI is InChI=1S/C20H25N5O3S/c1-13(2)14-4-6-16(7-5-14)25-9-8-24(20(25)28)11-18(27)23-19-22-15(12-29-19)10-17(26)21-3/h4-7,12-13H,8-11H2,1-3H3,(H,21,26)(H,22,23,27). The summed E-state index contributed by atoms with van der Waals surface area (Å²) in [6.45, 7) is 5.24. The van der Waals surface area contributed by atoms with E-state index in [0.717, 1.165) is 5.69 Å². The van der Waals surface area contributed by atoms with Crippen molar-refractivity contribution < 1.29 is 14.4 Å². The number of rotatable bonds is 7. The SMILES string of the molecule is CNC(=O)Cc1csc(NC(=O)CN2CCN(c3ccc(C(C)C)cc3)C2=O)n1. The van der Waals surface area contributed by atoms with Gasteiger partial charge in [0.1, 0.15) is 6.54 Å². The minimum atomic E-state index is -0.309. The topological polar surface area (TPSA) is 94.6 Å². The van der Waals surface area contributed by atoms with Crippen LogP contribution in [0.3, 0.4) is 0 Å². The largest absolute Gasteiger partial charge is 0.359 e. The summed E-state index contributed by atoms with van der Waals surface area (Å²) in [4.78, 5) is 43.8. The highest BCUT2D eigenvalue weighted by molar-refractivity contribution is 7.13. The fourth-order valence-corrected chi connectivity index (χ4v) is 3.77. The molecule has 1 aromatic heterocycles. The van der Waals surface area contributed by atoms with Gasteiger partial charge in [0.2, 0.25) is 11.8 Å². The highest BCUT2D eigenvalue weighted by Crippen LogP contribution is 2.23. The van der Waals surface area contributed by atoms with Gasteiger partial charge in [-0.1, -0.05) is 26.0 Å². The van der Waals surface area contributed by atoms with Crippen LogP contribution >= 0.6 is 11.3 Å². The zero-order valence-electron chi connectivity index (χ0n) is 16.8. The molecule has 154 valence electrons. The molecule has 0 saturated carbocycles. The predicted molar refractivity (Wildman–Crippen MR) is 113 cm³/mol. The van der Waals surface area contributed by atoms with Crippen molar-refractivity contribution in [3.05, 3.63) is 40.9 Å². The summed E-state index contributed by atoms with van der Waals surface area (Å²) in [5.41, 5.74) is 2.65. The molecule has 1 fully saturated rings. The van der Waals surface area contributed by atoms with Crippen LogP contribution in [0, 0.1) is 0 Å². The van der Waals surface area contributed by atoms with E-state index in [-0.39, 0.29) is 30.8 Å². The molecule has 2 heterocycles. The van der Waals surface area contributed by atoms with Crippen molar-refractivity contribution in [2.45, 2.75) is 26.2 Å². The second-order valence-corrected chi connectivity index (χ2v) is 8.00. The molecule has 29 heavy (non-hydrogen) atoms. The van der Waals surface area contributed by atoms with Gasteiger partial charge in [0.05, 0.1) is 12.1 Å². The van der Waals surface area contributed by atoms with Gasteiger partial charge in [0, 0.05) is 31.2 Å². The number of hydrogen-bond donors (Lipinski definition) is 2. The number of carbonyl (C=O) groups excluding carboxylic acids is 3. The van der Waals surface area contributed by atoms with Crippen LogP contribution in [0.15, 0.2) is 29.6 Å². The van der Waals surface area contributed by atoms with E-state index in [1.165, 1.54) is 21.8 Å². The molecular formula is C20H25N5O3S. The zero-order chi connectivity index (χ0) is 21.0. The Balaban J connectivity index is 1.55. The van der Waals surface area contributed by atoms with Gasteiger partial charge in [-0.3, -0.25) is 14.5 Å². The number of thiazole rings is 1. The van der Waals surface area contributed by atoms with Crippen molar-refractivity contribution in [3.63, 3.8) is 0 Å². The van der Waals surface area contributed by atoms with Crippen LogP contribution in [0.1, 0.15) is 31.0 Å². The number of hydrogen-bond acceptors (Lipinski definition) is 5. The fraction of sp³-hybridized carbons (Fsp3) is 0.400. The number of amides is 4.